The Morgan fingerprint density at radius 1 is 1.53 bits per heavy atom. The van der Waals surface area contributed by atoms with Gasteiger partial charge in [0.15, 0.2) is 0 Å². The van der Waals surface area contributed by atoms with E-state index in [1.165, 1.54) is 6.08 Å². The van der Waals surface area contributed by atoms with Gasteiger partial charge in [-0.05, 0) is 6.08 Å². The third-order valence-corrected chi connectivity index (χ3v) is 2.12. The number of aryl methyl sites for hydroxylation is 1. The van der Waals surface area contributed by atoms with Crippen molar-refractivity contribution in [1.82, 2.24) is 9.55 Å². The van der Waals surface area contributed by atoms with Crippen molar-refractivity contribution >= 4 is 12.0 Å². The molecule has 0 aromatic carbocycles. The lowest BCUT2D eigenvalue weighted by Crippen LogP contribution is -2.37. The number of aromatic nitrogens is 2. The second-order valence-corrected chi connectivity index (χ2v) is 4.98. The summed E-state index contributed by atoms with van der Waals surface area (Å²) >= 11 is 0. The zero-order chi connectivity index (χ0) is 12.9. The Morgan fingerprint density at radius 2 is 2.24 bits per heavy atom. The highest BCUT2D eigenvalue weighted by Gasteiger charge is 2.07. The van der Waals surface area contributed by atoms with E-state index in [1.807, 2.05) is 17.8 Å². The van der Waals surface area contributed by atoms with Crippen LogP contribution in [0.1, 0.15) is 5.69 Å². The van der Waals surface area contributed by atoms with Gasteiger partial charge in [0.25, 0.3) is 0 Å². The van der Waals surface area contributed by atoms with Crippen LogP contribution in [0.15, 0.2) is 18.6 Å². The quantitative estimate of drug-likeness (QED) is 0.430. The molecule has 1 aromatic rings. The largest absolute Gasteiger partial charge is 0.457 e. The van der Waals surface area contributed by atoms with Gasteiger partial charge in [0.05, 0.1) is 33.2 Å². The molecule has 5 nitrogen and oxygen atoms in total. The van der Waals surface area contributed by atoms with Gasteiger partial charge in [0.2, 0.25) is 0 Å². The van der Waals surface area contributed by atoms with Crippen molar-refractivity contribution in [1.29, 1.82) is 0 Å². The second-order valence-electron chi connectivity index (χ2n) is 4.98. The first-order valence-electron chi connectivity index (χ1n) is 5.50. The first-order chi connectivity index (χ1) is 7.87. The summed E-state index contributed by atoms with van der Waals surface area (Å²) < 4.78 is 7.67. The van der Waals surface area contributed by atoms with E-state index < -0.39 is 0 Å². The van der Waals surface area contributed by atoms with Crippen LogP contribution in [0.2, 0.25) is 0 Å². The van der Waals surface area contributed by atoms with Gasteiger partial charge in [0.1, 0.15) is 13.2 Å². The highest BCUT2D eigenvalue weighted by molar-refractivity contribution is 5.86. The van der Waals surface area contributed by atoms with Gasteiger partial charge >= 0.3 is 5.97 Å². The standard InChI is InChI=1S/C12H20N3O2/c1-14-9-11(13-10-14)5-6-12(16)17-8-7-15(2,3)4/h5-6,9-10H,7-8H2,1-4H3/q+1/b6-5+. The summed E-state index contributed by atoms with van der Waals surface area (Å²) in [4.78, 5) is 15.4. The van der Waals surface area contributed by atoms with E-state index in [0.717, 1.165) is 16.7 Å². The van der Waals surface area contributed by atoms with Gasteiger partial charge in [-0.15, -0.1) is 0 Å². The molecule has 0 aliphatic heterocycles. The number of likely N-dealkylation sites (N-methyl/N-ethyl adjacent to an activating group) is 1. The van der Waals surface area contributed by atoms with E-state index in [-0.39, 0.29) is 5.97 Å². The monoisotopic (exact) mass is 238 g/mol. The molecule has 5 heteroatoms. The first kappa shape index (κ1) is 13.4. The number of hydrogen-bond donors (Lipinski definition) is 0. The van der Waals surface area contributed by atoms with Crippen LogP contribution in [0, 0.1) is 0 Å². The summed E-state index contributed by atoms with van der Waals surface area (Å²) in [5.41, 5.74) is 0.746. The Morgan fingerprint density at radius 3 is 2.76 bits per heavy atom. The van der Waals surface area contributed by atoms with Crippen LogP contribution in [-0.4, -0.2) is 54.3 Å². The third kappa shape index (κ3) is 5.87. The molecular formula is C12H20N3O2+. The molecular weight excluding hydrogens is 218 g/mol. The molecule has 17 heavy (non-hydrogen) atoms. The SMILES string of the molecule is Cn1cnc(/C=C/C(=O)OCC[N+](C)(C)C)c1. The summed E-state index contributed by atoms with van der Waals surface area (Å²) in [5.74, 6) is -0.330. The first-order valence-corrected chi connectivity index (χ1v) is 5.50. The molecule has 1 rings (SSSR count). The molecule has 0 amide bonds. The predicted molar refractivity (Wildman–Crippen MR) is 66.1 cm³/mol. The van der Waals surface area contributed by atoms with Crippen molar-refractivity contribution in [3.05, 3.63) is 24.3 Å². The molecule has 0 aliphatic carbocycles. The van der Waals surface area contributed by atoms with E-state index in [2.05, 4.69) is 26.1 Å². The fourth-order valence-corrected chi connectivity index (χ4v) is 1.14. The number of imidazole rings is 1. The van der Waals surface area contributed by atoms with E-state index in [4.69, 9.17) is 4.74 Å². The summed E-state index contributed by atoms with van der Waals surface area (Å²) in [6.45, 7) is 1.22. The van der Waals surface area contributed by atoms with Gasteiger partial charge in [-0.1, -0.05) is 0 Å². The highest BCUT2D eigenvalue weighted by atomic mass is 16.5. The number of rotatable bonds is 5. The summed E-state index contributed by atoms with van der Waals surface area (Å²) in [6, 6.07) is 0. The smallest absolute Gasteiger partial charge is 0.331 e. The van der Waals surface area contributed by atoms with Crippen molar-refractivity contribution in [2.24, 2.45) is 7.05 Å². The van der Waals surface area contributed by atoms with Gasteiger partial charge in [-0.2, -0.15) is 0 Å². The van der Waals surface area contributed by atoms with Crippen LogP contribution in [0.4, 0.5) is 0 Å². The van der Waals surface area contributed by atoms with Crippen molar-refractivity contribution < 1.29 is 14.0 Å². The Kier molecular flexibility index (Phi) is 4.45. The van der Waals surface area contributed by atoms with Gasteiger partial charge < -0.3 is 13.8 Å². The molecule has 0 radical (unpaired) electrons. The van der Waals surface area contributed by atoms with E-state index in [0.29, 0.717) is 6.61 Å². The summed E-state index contributed by atoms with van der Waals surface area (Å²) in [5, 5.41) is 0. The minimum absolute atomic E-state index is 0.330. The lowest BCUT2D eigenvalue weighted by atomic mass is 10.4. The number of nitrogens with zero attached hydrogens (tertiary/aromatic N) is 3. The molecule has 0 bridgehead atoms. The highest BCUT2D eigenvalue weighted by Crippen LogP contribution is 1.98. The van der Waals surface area contributed by atoms with Crippen LogP contribution in [0.3, 0.4) is 0 Å². The van der Waals surface area contributed by atoms with E-state index in [1.54, 1.807) is 12.4 Å². The van der Waals surface area contributed by atoms with Crippen molar-refractivity contribution in [2.45, 2.75) is 0 Å². The van der Waals surface area contributed by atoms with Crippen LogP contribution < -0.4 is 0 Å². The molecule has 0 N–H and O–H groups in total. The molecule has 0 atom stereocenters. The zero-order valence-corrected chi connectivity index (χ0v) is 10.9. The van der Waals surface area contributed by atoms with Crippen molar-refractivity contribution in [3.63, 3.8) is 0 Å². The molecule has 94 valence electrons. The Balaban J connectivity index is 2.32. The average Bonchev–Trinajstić information content (AvgIpc) is 2.59. The summed E-state index contributed by atoms with van der Waals surface area (Å²) in [7, 11) is 8.04. The van der Waals surface area contributed by atoms with Gasteiger partial charge in [-0.3, -0.25) is 0 Å². The topological polar surface area (TPSA) is 44.1 Å². The van der Waals surface area contributed by atoms with Crippen molar-refractivity contribution in [2.75, 3.05) is 34.3 Å². The minimum atomic E-state index is -0.330. The third-order valence-electron chi connectivity index (χ3n) is 2.12. The van der Waals surface area contributed by atoms with Crippen LogP contribution >= 0.6 is 0 Å². The molecule has 0 aliphatic rings. The maximum Gasteiger partial charge on any atom is 0.331 e. The predicted octanol–water partition coefficient (Wildman–Crippen LogP) is 0.683. The number of esters is 1. The number of carbonyl (C=O) groups is 1. The van der Waals surface area contributed by atoms with Gasteiger partial charge in [0, 0.05) is 19.3 Å². The van der Waals surface area contributed by atoms with Crippen LogP contribution in [0.5, 0.6) is 0 Å². The number of quaternary nitrogens is 1. The fraction of sp³-hybridized carbons (Fsp3) is 0.500. The van der Waals surface area contributed by atoms with Crippen LogP contribution in [-0.2, 0) is 16.6 Å². The normalized spacial score (nSPS) is 12.0. The maximum absolute atomic E-state index is 11.4. The Labute approximate surface area is 102 Å². The second kappa shape index (κ2) is 5.63. The fourth-order valence-electron chi connectivity index (χ4n) is 1.14. The Bertz CT molecular complexity index is 402. The molecule has 0 fully saturated rings. The molecule has 0 spiro atoms. The lowest BCUT2D eigenvalue weighted by molar-refractivity contribution is -0.870. The molecule has 0 unspecified atom stereocenters. The molecule has 1 heterocycles. The molecule has 0 saturated carbocycles. The van der Waals surface area contributed by atoms with Crippen LogP contribution in [0.25, 0.3) is 6.08 Å². The lowest BCUT2D eigenvalue weighted by Gasteiger charge is -2.23. The minimum Gasteiger partial charge on any atom is -0.457 e. The van der Waals surface area contributed by atoms with E-state index >= 15 is 0 Å². The van der Waals surface area contributed by atoms with Crippen molar-refractivity contribution in [3.8, 4) is 0 Å². The number of hydrogen-bond acceptors (Lipinski definition) is 3. The average molecular weight is 238 g/mol. The number of ether oxygens (including phenoxy) is 1. The molecule has 1 aromatic heterocycles. The number of carbonyl (C=O) groups excluding carboxylic acids is 1. The zero-order valence-electron chi connectivity index (χ0n) is 10.9. The Hall–Kier alpha value is -1.62. The molecule has 0 saturated heterocycles. The summed E-state index contributed by atoms with van der Waals surface area (Å²) in [6.07, 6.45) is 6.56. The van der Waals surface area contributed by atoms with E-state index in [9.17, 15) is 4.79 Å². The van der Waals surface area contributed by atoms with Gasteiger partial charge in [-0.25, -0.2) is 9.78 Å². The maximum atomic E-state index is 11.4.